The molecule has 2 heterocycles. The summed E-state index contributed by atoms with van der Waals surface area (Å²) in [5.74, 6) is 2.15. The molecule has 0 bridgehead atoms. The molecule has 6 atom stereocenters. The zero-order valence-electron chi connectivity index (χ0n) is 16.9. The number of halogens is 4. The van der Waals surface area contributed by atoms with Crippen molar-refractivity contribution in [3.8, 4) is 17.6 Å². The molecule has 3 aliphatic rings. The third-order valence-electron chi connectivity index (χ3n) is 5.42. The molecule has 1 aromatic rings. The van der Waals surface area contributed by atoms with Gasteiger partial charge in [0.05, 0.1) is 10.7 Å². The Bertz CT molecular complexity index is 1080. The lowest BCUT2D eigenvalue weighted by atomic mass is 9.90. The first-order valence-corrected chi connectivity index (χ1v) is 10.2. The summed E-state index contributed by atoms with van der Waals surface area (Å²) in [5.41, 5.74) is -4.34. The van der Waals surface area contributed by atoms with Crippen molar-refractivity contribution in [3.63, 3.8) is 0 Å². The maximum absolute atomic E-state index is 14.1. The molecule has 2 fully saturated rings. The van der Waals surface area contributed by atoms with E-state index >= 15 is 0 Å². The highest BCUT2D eigenvalue weighted by Crippen LogP contribution is 2.50. The van der Waals surface area contributed by atoms with Crippen LogP contribution in [0.4, 0.5) is 23.7 Å². The minimum absolute atomic E-state index is 0.247. The van der Waals surface area contributed by atoms with Crippen LogP contribution in [0.3, 0.4) is 0 Å². The van der Waals surface area contributed by atoms with Crippen molar-refractivity contribution >= 4 is 29.4 Å². The number of hydrogen-bond acceptors (Lipinski definition) is 8. The van der Waals surface area contributed by atoms with Gasteiger partial charge in [0.2, 0.25) is 6.29 Å². The molecular formula is C20H17ClF3NO9. The van der Waals surface area contributed by atoms with E-state index < -0.39 is 76.6 Å². The average Bonchev–Trinajstić information content (AvgIpc) is 3.56. The van der Waals surface area contributed by atoms with Crippen LogP contribution in [0.2, 0.25) is 5.02 Å². The molecule has 1 unspecified atom stereocenters. The highest BCUT2D eigenvalue weighted by atomic mass is 35.5. The van der Waals surface area contributed by atoms with Gasteiger partial charge < -0.3 is 34.6 Å². The van der Waals surface area contributed by atoms with E-state index in [9.17, 15) is 38.1 Å². The van der Waals surface area contributed by atoms with Crippen LogP contribution in [-0.4, -0.2) is 69.4 Å². The molecule has 1 saturated heterocycles. The number of hydrogen-bond donors (Lipinski definition) is 5. The van der Waals surface area contributed by atoms with E-state index in [0.29, 0.717) is 12.8 Å². The van der Waals surface area contributed by atoms with Gasteiger partial charge in [0.15, 0.2) is 6.10 Å². The molecule has 2 aliphatic heterocycles. The smallest absolute Gasteiger partial charge is 0.445 e. The molecule has 1 aromatic carbocycles. The number of carbonyl (C=O) groups excluding carboxylic acids is 1. The number of anilines is 1. The minimum atomic E-state index is -5.13. The van der Waals surface area contributed by atoms with Crippen molar-refractivity contribution in [2.75, 3.05) is 5.32 Å². The lowest BCUT2D eigenvalue weighted by Crippen LogP contribution is -2.61. The van der Waals surface area contributed by atoms with Crippen LogP contribution in [0.15, 0.2) is 12.1 Å². The quantitative estimate of drug-likeness (QED) is 0.381. The van der Waals surface area contributed by atoms with Gasteiger partial charge in [0.1, 0.15) is 24.1 Å². The van der Waals surface area contributed by atoms with Crippen molar-refractivity contribution in [2.45, 2.75) is 55.3 Å². The van der Waals surface area contributed by atoms with Gasteiger partial charge in [-0.3, -0.25) is 5.32 Å². The number of aliphatic hydroxyl groups excluding tert-OH is 3. The number of aliphatic hydroxyl groups is 3. The van der Waals surface area contributed by atoms with Crippen LogP contribution in [0.1, 0.15) is 18.4 Å². The van der Waals surface area contributed by atoms with E-state index in [2.05, 4.69) is 16.0 Å². The molecule has 0 aromatic heterocycles. The Morgan fingerprint density at radius 1 is 1.21 bits per heavy atom. The van der Waals surface area contributed by atoms with Crippen LogP contribution in [0.25, 0.3) is 0 Å². The van der Waals surface area contributed by atoms with Gasteiger partial charge in [0, 0.05) is 17.5 Å². The zero-order valence-corrected chi connectivity index (χ0v) is 17.6. The standard InChI is InChI=1S/C20H17ClF3NO9/c21-9-5-8-10(25-18(31)34-19(8,20(22,23)24)4-3-7-1-2-7)6-11(9)32-17-14(28)12(26)13(27)15(33-17)16(29)30/h5-7,12-15,17,26-28H,1-2H2,(H,25,31)(H,29,30)/t12-,13-,14+,15-,17?,19-/m0/s1. The number of nitrogens with one attached hydrogen (secondary N) is 1. The maximum Gasteiger partial charge on any atom is 0.445 e. The first kappa shape index (κ1) is 24.4. The molecular weight excluding hydrogens is 491 g/mol. The van der Waals surface area contributed by atoms with Crippen molar-refractivity contribution in [1.29, 1.82) is 0 Å². The average molecular weight is 508 g/mol. The van der Waals surface area contributed by atoms with Gasteiger partial charge in [-0.15, -0.1) is 0 Å². The Kier molecular flexibility index (Phi) is 6.07. The van der Waals surface area contributed by atoms with Gasteiger partial charge in [0.25, 0.3) is 5.60 Å². The van der Waals surface area contributed by atoms with Crippen LogP contribution in [0.5, 0.6) is 5.75 Å². The fourth-order valence-electron chi connectivity index (χ4n) is 3.45. The summed E-state index contributed by atoms with van der Waals surface area (Å²) in [7, 11) is 0. The third kappa shape index (κ3) is 4.23. The maximum atomic E-state index is 14.1. The van der Waals surface area contributed by atoms with Gasteiger partial charge in [-0.1, -0.05) is 17.5 Å². The van der Waals surface area contributed by atoms with Crippen LogP contribution in [0, 0.1) is 17.8 Å². The molecule has 4 rings (SSSR count). The number of alkyl halides is 3. The number of aliphatic carboxylic acids is 1. The first-order chi connectivity index (χ1) is 15.8. The van der Waals surface area contributed by atoms with Crippen molar-refractivity contribution in [1.82, 2.24) is 0 Å². The number of carboxylic acid groups (broad SMARTS) is 1. The number of cyclic esters (lactones) is 1. The van der Waals surface area contributed by atoms with Gasteiger partial charge in [-0.05, 0) is 24.8 Å². The van der Waals surface area contributed by atoms with E-state index in [0.717, 1.165) is 12.1 Å². The molecule has 5 N–H and O–H groups in total. The molecule has 10 nitrogen and oxygen atoms in total. The largest absolute Gasteiger partial charge is 0.479 e. The predicted molar refractivity (Wildman–Crippen MR) is 105 cm³/mol. The van der Waals surface area contributed by atoms with E-state index in [4.69, 9.17) is 26.2 Å². The Balaban J connectivity index is 1.72. The fraction of sp³-hybridized carbons (Fsp3) is 0.500. The first-order valence-electron chi connectivity index (χ1n) is 9.86. The van der Waals surface area contributed by atoms with E-state index in [1.54, 1.807) is 0 Å². The molecule has 14 heteroatoms. The minimum Gasteiger partial charge on any atom is -0.479 e. The number of carboxylic acids is 1. The van der Waals surface area contributed by atoms with Crippen molar-refractivity contribution in [3.05, 3.63) is 22.7 Å². The number of benzene rings is 1. The van der Waals surface area contributed by atoms with Gasteiger partial charge >= 0.3 is 18.2 Å². The third-order valence-corrected chi connectivity index (χ3v) is 5.71. The Morgan fingerprint density at radius 3 is 2.47 bits per heavy atom. The highest BCUT2D eigenvalue weighted by Gasteiger charge is 2.62. The summed E-state index contributed by atoms with van der Waals surface area (Å²) in [6, 6.07) is 1.69. The monoisotopic (exact) mass is 507 g/mol. The van der Waals surface area contributed by atoms with E-state index in [1.807, 2.05) is 5.92 Å². The SMILES string of the molecule is O=C1Nc2cc(OC3O[C@H](C(=O)O)[C@@H](O)[C@H](O)[C@H]3O)c(Cl)cc2[C@@](C#CC2CC2)(C(F)(F)F)O1. The molecule has 1 amide bonds. The Labute approximate surface area is 194 Å². The van der Waals surface area contributed by atoms with Crippen molar-refractivity contribution in [2.24, 2.45) is 5.92 Å². The highest BCUT2D eigenvalue weighted by molar-refractivity contribution is 6.32. The second-order valence-electron chi connectivity index (χ2n) is 7.92. The number of ether oxygens (including phenoxy) is 3. The normalized spacial score (nSPS) is 33.0. The molecule has 0 spiro atoms. The number of carbonyl (C=O) groups is 2. The summed E-state index contributed by atoms with van der Waals surface area (Å²) in [5, 5.41) is 40.5. The fourth-order valence-corrected chi connectivity index (χ4v) is 3.66. The molecule has 1 aliphatic carbocycles. The lowest BCUT2D eigenvalue weighted by Gasteiger charge is -2.39. The number of fused-ring (bicyclic) bond motifs is 1. The van der Waals surface area contributed by atoms with Crippen LogP contribution < -0.4 is 10.1 Å². The van der Waals surface area contributed by atoms with E-state index in [1.165, 1.54) is 0 Å². The predicted octanol–water partition coefficient (Wildman–Crippen LogP) is 1.34. The topological polar surface area (TPSA) is 155 Å². The summed E-state index contributed by atoms with van der Waals surface area (Å²) in [6.07, 6.45) is -15.1. The number of amides is 1. The number of rotatable bonds is 3. The Hall–Kier alpha value is -2.76. The second kappa shape index (κ2) is 8.47. The second-order valence-corrected chi connectivity index (χ2v) is 8.33. The van der Waals surface area contributed by atoms with Gasteiger partial charge in [-0.25, -0.2) is 9.59 Å². The lowest BCUT2D eigenvalue weighted by molar-refractivity contribution is -0.271. The molecule has 184 valence electrons. The molecule has 0 radical (unpaired) electrons. The molecule has 1 saturated carbocycles. The van der Waals surface area contributed by atoms with Crippen LogP contribution in [-0.2, 0) is 19.9 Å². The summed E-state index contributed by atoms with van der Waals surface area (Å²) < 4.78 is 57.3. The summed E-state index contributed by atoms with van der Waals surface area (Å²) in [4.78, 5) is 23.3. The van der Waals surface area contributed by atoms with E-state index in [-0.39, 0.29) is 5.92 Å². The summed E-state index contributed by atoms with van der Waals surface area (Å²) >= 11 is 6.11. The van der Waals surface area contributed by atoms with Gasteiger partial charge in [-0.2, -0.15) is 13.2 Å². The Morgan fingerprint density at radius 2 is 1.88 bits per heavy atom. The van der Waals surface area contributed by atoms with Crippen LogP contribution >= 0.6 is 11.6 Å². The van der Waals surface area contributed by atoms with Crippen molar-refractivity contribution < 1.29 is 57.4 Å². The molecule has 34 heavy (non-hydrogen) atoms. The zero-order chi connectivity index (χ0) is 25.0. The summed E-state index contributed by atoms with van der Waals surface area (Å²) in [6.45, 7) is 0.